The Labute approximate surface area is 212 Å². The number of hydrogen-bond donors (Lipinski definition) is 2. The summed E-state index contributed by atoms with van der Waals surface area (Å²) in [6.45, 7) is 10.5. The SMILES string of the molecule is C.C.C/C=C/C(=O)/C=C(O)/C=C/C.C/C=C/C(=O)/C=C(O)/C=C/C.C/C=C/C(=O)CC(=O)/C=C/C. The van der Waals surface area contributed by atoms with E-state index in [0.717, 1.165) is 0 Å². The summed E-state index contributed by atoms with van der Waals surface area (Å²) in [5.74, 6) is -0.733. The Bertz CT molecular complexity index is 774. The maximum atomic E-state index is 10.8. The summed E-state index contributed by atoms with van der Waals surface area (Å²) in [6.07, 6.45) is 20.7. The fourth-order valence-corrected chi connectivity index (χ4v) is 1.82. The number of rotatable bonds is 10. The first-order valence-electron chi connectivity index (χ1n) is 10.3. The van der Waals surface area contributed by atoms with Crippen molar-refractivity contribution in [3.8, 4) is 0 Å². The second-order valence-corrected chi connectivity index (χ2v) is 6.05. The molecular formula is C29H44O6. The molecule has 0 aromatic heterocycles. The molecule has 0 aliphatic heterocycles. The van der Waals surface area contributed by atoms with Crippen LogP contribution in [-0.2, 0) is 19.2 Å². The number of carbonyl (C=O) groups is 4. The van der Waals surface area contributed by atoms with Gasteiger partial charge in [-0.3, -0.25) is 19.2 Å². The number of aliphatic hydroxyl groups excluding tert-OH is 2. The van der Waals surface area contributed by atoms with E-state index >= 15 is 0 Å². The van der Waals surface area contributed by atoms with E-state index in [9.17, 15) is 19.2 Å². The molecule has 0 saturated carbocycles. The predicted molar refractivity (Wildman–Crippen MR) is 148 cm³/mol. The Kier molecular flexibility index (Phi) is 35.8. The molecule has 6 heteroatoms. The Balaban J connectivity index is -0.000000125. The van der Waals surface area contributed by atoms with Crippen molar-refractivity contribution in [3.63, 3.8) is 0 Å². The molecule has 0 heterocycles. The van der Waals surface area contributed by atoms with Crippen LogP contribution in [0, 0.1) is 0 Å². The molecule has 0 aliphatic carbocycles. The lowest BCUT2D eigenvalue weighted by molar-refractivity contribution is -0.122. The molecule has 0 spiro atoms. The Morgan fingerprint density at radius 1 is 0.486 bits per heavy atom. The third kappa shape index (κ3) is 35.0. The van der Waals surface area contributed by atoms with Crippen LogP contribution in [-0.4, -0.2) is 33.3 Å². The van der Waals surface area contributed by atoms with E-state index in [-0.39, 0.29) is 55.9 Å². The minimum atomic E-state index is -0.205. The monoisotopic (exact) mass is 488 g/mol. The molecule has 0 saturated heterocycles. The summed E-state index contributed by atoms with van der Waals surface area (Å²) < 4.78 is 0. The van der Waals surface area contributed by atoms with Gasteiger partial charge in [0.15, 0.2) is 23.1 Å². The van der Waals surface area contributed by atoms with Gasteiger partial charge in [-0.15, -0.1) is 0 Å². The van der Waals surface area contributed by atoms with Gasteiger partial charge in [-0.25, -0.2) is 0 Å². The quantitative estimate of drug-likeness (QED) is 0.145. The summed E-state index contributed by atoms with van der Waals surface area (Å²) in [5.41, 5.74) is 0. The van der Waals surface area contributed by atoms with Crippen molar-refractivity contribution in [2.75, 3.05) is 0 Å². The van der Waals surface area contributed by atoms with Crippen molar-refractivity contribution < 1.29 is 29.4 Å². The van der Waals surface area contributed by atoms with Crippen LogP contribution < -0.4 is 0 Å². The molecule has 0 radical (unpaired) electrons. The number of hydrogen-bond acceptors (Lipinski definition) is 6. The first-order chi connectivity index (χ1) is 15.6. The molecule has 6 nitrogen and oxygen atoms in total. The summed E-state index contributed by atoms with van der Waals surface area (Å²) in [7, 11) is 0. The highest BCUT2D eigenvalue weighted by atomic mass is 16.3. The molecule has 0 unspecified atom stereocenters. The third-order valence-corrected chi connectivity index (χ3v) is 2.97. The number of ketones is 4. The predicted octanol–water partition coefficient (Wildman–Crippen LogP) is 7.24. The van der Waals surface area contributed by atoms with Crippen molar-refractivity contribution in [1.29, 1.82) is 0 Å². The van der Waals surface area contributed by atoms with Crippen LogP contribution >= 0.6 is 0 Å². The van der Waals surface area contributed by atoms with Crippen LogP contribution in [0.25, 0.3) is 0 Å². The molecule has 0 aromatic carbocycles. The van der Waals surface area contributed by atoms with Crippen molar-refractivity contribution >= 4 is 23.1 Å². The van der Waals surface area contributed by atoms with Gasteiger partial charge in [0, 0.05) is 12.2 Å². The fourth-order valence-electron chi connectivity index (χ4n) is 1.82. The smallest absolute Gasteiger partial charge is 0.181 e. The van der Waals surface area contributed by atoms with Crippen molar-refractivity contribution in [3.05, 3.63) is 96.6 Å². The molecule has 0 bridgehead atoms. The molecule has 0 atom stereocenters. The van der Waals surface area contributed by atoms with Crippen molar-refractivity contribution in [1.82, 2.24) is 0 Å². The topological polar surface area (TPSA) is 109 Å². The van der Waals surface area contributed by atoms with Gasteiger partial charge in [-0.05, 0) is 78.0 Å². The summed E-state index contributed by atoms with van der Waals surface area (Å²) >= 11 is 0. The largest absolute Gasteiger partial charge is 0.508 e. The van der Waals surface area contributed by atoms with Gasteiger partial charge in [0.1, 0.15) is 11.5 Å². The number of allylic oxidation sites excluding steroid dienone is 14. The average Bonchev–Trinajstić information content (AvgIpc) is 2.69. The third-order valence-electron chi connectivity index (χ3n) is 2.97. The molecule has 0 amide bonds. The van der Waals surface area contributed by atoms with E-state index in [2.05, 4.69) is 0 Å². The molecular weight excluding hydrogens is 444 g/mol. The Morgan fingerprint density at radius 2 is 0.743 bits per heavy atom. The van der Waals surface area contributed by atoms with E-state index < -0.39 is 0 Å². The summed E-state index contributed by atoms with van der Waals surface area (Å²) in [5, 5.41) is 17.9. The van der Waals surface area contributed by atoms with Gasteiger partial charge in [0.05, 0.1) is 6.42 Å². The van der Waals surface area contributed by atoms with Crippen LogP contribution in [0.3, 0.4) is 0 Å². The first-order valence-corrected chi connectivity index (χ1v) is 10.3. The molecule has 35 heavy (non-hydrogen) atoms. The molecule has 0 rings (SSSR count). The Morgan fingerprint density at radius 3 is 0.971 bits per heavy atom. The summed E-state index contributed by atoms with van der Waals surface area (Å²) in [6, 6.07) is 0. The van der Waals surface area contributed by atoms with Crippen LogP contribution in [0.2, 0.25) is 0 Å². The highest BCUT2D eigenvalue weighted by molar-refractivity contribution is 6.08. The van der Waals surface area contributed by atoms with Gasteiger partial charge in [-0.1, -0.05) is 51.3 Å². The molecule has 0 fully saturated rings. The molecule has 2 N–H and O–H groups in total. The zero-order chi connectivity index (χ0) is 26.1. The lowest BCUT2D eigenvalue weighted by atomic mass is 10.2. The average molecular weight is 489 g/mol. The van der Waals surface area contributed by atoms with Crippen molar-refractivity contribution in [2.24, 2.45) is 0 Å². The lowest BCUT2D eigenvalue weighted by Gasteiger charge is -1.87. The minimum Gasteiger partial charge on any atom is -0.508 e. The second-order valence-electron chi connectivity index (χ2n) is 6.05. The maximum Gasteiger partial charge on any atom is 0.181 e. The Hall–Kier alpha value is -3.80. The van der Waals surface area contributed by atoms with Gasteiger partial charge >= 0.3 is 0 Å². The lowest BCUT2D eigenvalue weighted by Crippen LogP contribution is -2.01. The summed E-state index contributed by atoms with van der Waals surface area (Å²) in [4.78, 5) is 43.1. The van der Waals surface area contributed by atoms with Gasteiger partial charge in [0.2, 0.25) is 0 Å². The molecule has 196 valence electrons. The molecule has 0 aliphatic rings. The fraction of sp³-hybridized carbons (Fsp3) is 0.310. The van der Waals surface area contributed by atoms with Gasteiger partial charge in [-0.2, -0.15) is 0 Å². The van der Waals surface area contributed by atoms with E-state index in [4.69, 9.17) is 10.2 Å². The van der Waals surface area contributed by atoms with Crippen LogP contribution in [0.4, 0.5) is 0 Å². The van der Waals surface area contributed by atoms with Crippen LogP contribution in [0.1, 0.15) is 62.8 Å². The van der Waals surface area contributed by atoms with Crippen LogP contribution in [0.15, 0.2) is 96.6 Å². The van der Waals surface area contributed by atoms with E-state index in [1.54, 1.807) is 78.0 Å². The van der Waals surface area contributed by atoms with Crippen molar-refractivity contribution in [2.45, 2.75) is 62.8 Å². The highest BCUT2D eigenvalue weighted by Gasteiger charge is 2.01. The normalized spacial score (nSPS) is 11.7. The first kappa shape index (κ1) is 41.5. The van der Waals surface area contributed by atoms with Crippen LogP contribution in [0.5, 0.6) is 0 Å². The number of carbonyl (C=O) groups excluding carboxylic acids is 4. The zero-order valence-electron chi connectivity index (χ0n) is 20.3. The van der Waals surface area contributed by atoms with E-state index in [1.165, 1.54) is 48.6 Å². The standard InChI is InChI=1S/3C9H12O2.2CH4/c3*1-3-5-8(10)7-9(11)6-4-2;;/h3-6H,7H2,1-2H3;2*3-7,10H,1-2H3;2*1H4/b5-3+,6-4+;2*5-3+,6-4+,8-7-;;. The number of aliphatic hydroxyl groups is 2. The molecule has 0 aromatic rings. The maximum absolute atomic E-state index is 10.8. The zero-order valence-corrected chi connectivity index (χ0v) is 20.3. The van der Waals surface area contributed by atoms with Gasteiger partial charge in [0.25, 0.3) is 0 Å². The van der Waals surface area contributed by atoms with E-state index in [0.29, 0.717) is 0 Å². The second kappa shape index (κ2) is 30.2. The van der Waals surface area contributed by atoms with Gasteiger partial charge < -0.3 is 10.2 Å². The highest BCUT2D eigenvalue weighted by Crippen LogP contribution is 1.93. The minimum absolute atomic E-state index is 0. The van der Waals surface area contributed by atoms with E-state index in [1.807, 2.05) is 0 Å².